The SMILES string of the molecule is CON(C)C(=O)c1cccc(NC(=O)c2ccco2)c1. The van der Waals surface area contributed by atoms with Crippen LogP contribution in [-0.2, 0) is 4.84 Å². The van der Waals surface area contributed by atoms with Crippen LogP contribution >= 0.6 is 0 Å². The van der Waals surface area contributed by atoms with Gasteiger partial charge in [-0.3, -0.25) is 14.4 Å². The largest absolute Gasteiger partial charge is 0.459 e. The first-order valence-corrected chi connectivity index (χ1v) is 5.89. The Morgan fingerprint density at radius 3 is 2.70 bits per heavy atom. The molecule has 2 aromatic rings. The number of benzene rings is 1. The number of hydrogen-bond acceptors (Lipinski definition) is 4. The maximum Gasteiger partial charge on any atom is 0.291 e. The van der Waals surface area contributed by atoms with Crippen molar-refractivity contribution >= 4 is 17.5 Å². The van der Waals surface area contributed by atoms with Gasteiger partial charge in [0.2, 0.25) is 0 Å². The number of carbonyl (C=O) groups is 2. The van der Waals surface area contributed by atoms with Gasteiger partial charge in [-0.05, 0) is 30.3 Å². The van der Waals surface area contributed by atoms with Gasteiger partial charge in [0.25, 0.3) is 11.8 Å². The Kier molecular flexibility index (Phi) is 4.17. The van der Waals surface area contributed by atoms with Crippen LogP contribution in [0.3, 0.4) is 0 Å². The third-order valence-electron chi connectivity index (χ3n) is 2.67. The second-order valence-corrected chi connectivity index (χ2v) is 4.00. The number of hydrogen-bond donors (Lipinski definition) is 1. The number of furan rings is 1. The summed E-state index contributed by atoms with van der Waals surface area (Å²) in [7, 11) is 2.91. The Hall–Kier alpha value is -2.60. The second kappa shape index (κ2) is 6.03. The van der Waals surface area contributed by atoms with Crippen LogP contribution < -0.4 is 5.32 Å². The first-order chi connectivity index (χ1) is 9.61. The smallest absolute Gasteiger partial charge is 0.291 e. The summed E-state index contributed by atoms with van der Waals surface area (Å²) >= 11 is 0. The van der Waals surface area contributed by atoms with Crippen molar-refractivity contribution in [2.75, 3.05) is 19.5 Å². The van der Waals surface area contributed by atoms with Gasteiger partial charge in [-0.1, -0.05) is 6.07 Å². The van der Waals surface area contributed by atoms with Crippen molar-refractivity contribution in [3.05, 3.63) is 54.0 Å². The fourth-order valence-corrected chi connectivity index (χ4v) is 1.60. The molecule has 0 aliphatic carbocycles. The van der Waals surface area contributed by atoms with E-state index in [2.05, 4.69) is 5.32 Å². The molecule has 1 N–H and O–H groups in total. The van der Waals surface area contributed by atoms with E-state index >= 15 is 0 Å². The normalized spacial score (nSPS) is 10.1. The lowest BCUT2D eigenvalue weighted by Crippen LogP contribution is -2.25. The van der Waals surface area contributed by atoms with Crippen LogP contribution in [0, 0.1) is 0 Å². The zero-order valence-electron chi connectivity index (χ0n) is 11.1. The maximum atomic E-state index is 11.9. The van der Waals surface area contributed by atoms with Crippen LogP contribution in [0.1, 0.15) is 20.9 Å². The van der Waals surface area contributed by atoms with Gasteiger partial charge < -0.3 is 9.73 Å². The molecule has 0 bridgehead atoms. The van der Waals surface area contributed by atoms with E-state index in [4.69, 9.17) is 9.25 Å². The molecule has 104 valence electrons. The van der Waals surface area contributed by atoms with Gasteiger partial charge in [0.05, 0.1) is 13.4 Å². The molecule has 20 heavy (non-hydrogen) atoms. The van der Waals surface area contributed by atoms with E-state index in [0.717, 1.165) is 5.06 Å². The quantitative estimate of drug-likeness (QED) is 0.867. The number of carbonyl (C=O) groups excluding carboxylic acids is 2. The molecule has 0 fully saturated rings. The lowest BCUT2D eigenvalue weighted by molar-refractivity contribution is -0.0756. The zero-order chi connectivity index (χ0) is 14.5. The number of anilines is 1. The van der Waals surface area contributed by atoms with Crippen molar-refractivity contribution in [2.24, 2.45) is 0 Å². The number of nitrogens with zero attached hydrogens (tertiary/aromatic N) is 1. The van der Waals surface area contributed by atoms with Gasteiger partial charge in [-0.25, -0.2) is 5.06 Å². The van der Waals surface area contributed by atoms with Gasteiger partial charge in [-0.15, -0.1) is 0 Å². The van der Waals surface area contributed by atoms with Gasteiger partial charge in [-0.2, -0.15) is 0 Å². The molecule has 0 atom stereocenters. The van der Waals surface area contributed by atoms with E-state index in [9.17, 15) is 9.59 Å². The summed E-state index contributed by atoms with van der Waals surface area (Å²) in [5.41, 5.74) is 0.911. The van der Waals surface area contributed by atoms with Gasteiger partial charge in [0, 0.05) is 18.3 Å². The Morgan fingerprint density at radius 2 is 2.05 bits per heavy atom. The fourth-order valence-electron chi connectivity index (χ4n) is 1.60. The van der Waals surface area contributed by atoms with Crippen LogP contribution in [0.2, 0.25) is 0 Å². The van der Waals surface area contributed by atoms with Crippen molar-refractivity contribution in [3.63, 3.8) is 0 Å². The average Bonchev–Trinajstić information content (AvgIpc) is 3.00. The predicted molar refractivity (Wildman–Crippen MR) is 72.2 cm³/mol. The van der Waals surface area contributed by atoms with Crippen molar-refractivity contribution in [1.82, 2.24) is 5.06 Å². The van der Waals surface area contributed by atoms with Crippen LogP contribution in [0.5, 0.6) is 0 Å². The third-order valence-corrected chi connectivity index (χ3v) is 2.67. The highest BCUT2D eigenvalue weighted by Gasteiger charge is 2.13. The molecule has 1 heterocycles. The summed E-state index contributed by atoms with van der Waals surface area (Å²) in [4.78, 5) is 28.6. The molecule has 0 aliphatic heterocycles. The molecule has 0 saturated carbocycles. The molecule has 1 aromatic carbocycles. The van der Waals surface area contributed by atoms with Crippen molar-refractivity contribution in [1.29, 1.82) is 0 Å². The first kappa shape index (κ1) is 13.8. The fraction of sp³-hybridized carbons (Fsp3) is 0.143. The van der Waals surface area contributed by atoms with Gasteiger partial charge in [0.15, 0.2) is 5.76 Å². The minimum absolute atomic E-state index is 0.204. The molecule has 0 aliphatic rings. The molecule has 0 unspecified atom stereocenters. The highest BCUT2D eigenvalue weighted by atomic mass is 16.7. The Balaban J connectivity index is 2.14. The minimum atomic E-state index is -0.375. The van der Waals surface area contributed by atoms with E-state index in [1.54, 1.807) is 36.4 Å². The van der Waals surface area contributed by atoms with E-state index in [1.807, 2.05) is 0 Å². The standard InChI is InChI=1S/C14H14N2O4/c1-16(19-2)14(18)10-5-3-6-11(9-10)15-13(17)12-7-4-8-20-12/h3-9H,1-2H3,(H,15,17). The molecule has 2 rings (SSSR count). The highest BCUT2D eigenvalue weighted by Crippen LogP contribution is 2.14. The molecule has 6 heteroatoms. The van der Waals surface area contributed by atoms with Crippen LogP contribution in [-0.4, -0.2) is 31.0 Å². The first-order valence-electron chi connectivity index (χ1n) is 5.89. The monoisotopic (exact) mass is 274 g/mol. The second-order valence-electron chi connectivity index (χ2n) is 4.00. The average molecular weight is 274 g/mol. The molecule has 1 aromatic heterocycles. The summed E-state index contributed by atoms with van der Waals surface area (Å²) in [6, 6.07) is 9.75. The molecule has 0 radical (unpaired) electrons. The summed E-state index contributed by atoms with van der Waals surface area (Å²) in [6.45, 7) is 0. The summed E-state index contributed by atoms with van der Waals surface area (Å²) in [6.07, 6.45) is 1.42. The summed E-state index contributed by atoms with van der Waals surface area (Å²) in [5, 5.41) is 3.76. The number of nitrogens with one attached hydrogen (secondary N) is 1. The molecule has 6 nitrogen and oxygen atoms in total. The lowest BCUT2D eigenvalue weighted by Gasteiger charge is -2.14. The van der Waals surface area contributed by atoms with Gasteiger partial charge in [0.1, 0.15) is 0 Å². The van der Waals surface area contributed by atoms with Crippen molar-refractivity contribution in [3.8, 4) is 0 Å². The van der Waals surface area contributed by atoms with E-state index in [1.165, 1.54) is 20.4 Å². The highest BCUT2D eigenvalue weighted by molar-refractivity contribution is 6.03. The van der Waals surface area contributed by atoms with E-state index in [-0.39, 0.29) is 17.6 Å². The summed E-state index contributed by atoms with van der Waals surface area (Å²) < 4.78 is 4.99. The van der Waals surface area contributed by atoms with Crippen molar-refractivity contribution in [2.45, 2.75) is 0 Å². The number of rotatable bonds is 4. The van der Waals surface area contributed by atoms with E-state index in [0.29, 0.717) is 11.3 Å². The summed E-state index contributed by atoms with van der Waals surface area (Å²) in [5.74, 6) is -0.475. The van der Waals surface area contributed by atoms with Crippen LogP contribution in [0.25, 0.3) is 0 Å². The Morgan fingerprint density at radius 1 is 1.25 bits per heavy atom. The molecular formula is C14H14N2O4. The number of amides is 2. The molecular weight excluding hydrogens is 260 g/mol. The Labute approximate surface area is 115 Å². The van der Waals surface area contributed by atoms with Gasteiger partial charge >= 0.3 is 0 Å². The topological polar surface area (TPSA) is 71.8 Å². The Bertz CT molecular complexity index is 607. The molecule has 0 spiro atoms. The number of hydroxylamine groups is 2. The third kappa shape index (κ3) is 3.04. The maximum absolute atomic E-state index is 11.9. The lowest BCUT2D eigenvalue weighted by atomic mass is 10.2. The molecule has 2 amide bonds. The van der Waals surface area contributed by atoms with Crippen LogP contribution in [0.15, 0.2) is 47.1 Å². The predicted octanol–water partition coefficient (Wildman–Crippen LogP) is 2.17. The van der Waals surface area contributed by atoms with E-state index < -0.39 is 0 Å². The minimum Gasteiger partial charge on any atom is -0.459 e. The molecule has 0 saturated heterocycles. The zero-order valence-corrected chi connectivity index (χ0v) is 11.1. The van der Waals surface area contributed by atoms with Crippen molar-refractivity contribution < 1.29 is 18.8 Å². The van der Waals surface area contributed by atoms with Crippen LogP contribution in [0.4, 0.5) is 5.69 Å².